The molecule has 4 aromatic heterocycles. The van der Waals surface area contributed by atoms with E-state index in [4.69, 9.17) is 4.98 Å². The van der Waals surface area contributed by atoms with Gasteiger partial charge in [0.05, 0.1) is 28.8 Å². The molecule has 7 rings (SSSR count). The Hall–Kier alpha value is -4.85. The number of carbonyl (C=O) groups excluding carboxylic acids is 1. The number of carbonyl (C=O) groups is 1. The van der Waals surface area contributed by atoms with E-state index < -0.39 is 0 Å². The molecule has 0 spiro atoms. The van der Waals surface area contributed by atoms with Crippen LogP contribution in [-0.2, 0) is 4.79 Å². The first-order chi connectivity index (χ1) is 19.1. The number of hydrogen-bond donors (Lipinski definition) is 3. The number of amides is 1. The second-order valence-corrected chi connectivity index (χ2v) is 10.1. The highest BCUT2D eigenvalue weighted by molar-refractivity contribution is 6.00. The number of nitrogens with zero attached hydrogens (tertiary/aromatic N) is 3. The molecule has 39 heavy (non-hydrogen) atoms. The normalized spacial score (nSPS) is 13.9. The standard InChI is InChI=1S/C31H25FN6O/c32-21-10-8-18(9-11-21)23-6-3-7-26-24(23)15-28(35-26)30-29-27(37-38-30)13-12-25(36-29)20-14-22(17-33-16-20)34-31(39)19-4-1-2-5-19/h3,6-17,19,35H,1-2,4-5H2,(H,34,39)(H,37,38). The van der Waals surface area contributed by atoms with Crippen molar-refractivity contribution >= 4 is 33.5 Å². The summed E-state index contributed by atoms with van der Waals surface area (Å²) >= 11 is 0. The fourth-order valence-electron chi connectivity index (χ4n) is 5.49. The third kappa shape index (κ3) is 4.33. The number of hydrogen-bond acceptors (Lipinski definition) is 4. The Balaban J connectivity index is 1.24. The van der Waals surface area contributed by atoms with Gasteiger partial charge in [-0.25, -0.2) is 9.37 Å². The highest BCUT2D eigenvalue weighted by Crippen LogP contribution is 2.34. The molecule has 7 nitrogen and oxygen atoms in total. The first kappa shape index (κ1) is 23.3. The van der Waals surface area contributed by atoms with Crippen molar-refractivity contribution in [3.8, 4) is 33.8 Å². The molecule has 0 bridgehead atoms. The highest BCUT2D eigenvalue weighted by Gasteiger charge is 2.23. The second kappa shape index (κ2) is 9.47. The average Bonchev–Trinajstić information content (AvgIpc) is 3.73. The summed E-state index contributed by atoms with van der Waals surface area (Å²) < 4.78 is 13.5. The van der Waals surface area contributed by atoms with Crippen LogP contribution < -0.4 is 5.32 Å². The Morgan fingerprint density at radius 3 is 2.62 bits per heavy atom. The van der Waals surface area contributed by atoms with Crippen molar-refractivity contribution in [2.75, 3.05) is 5.32 Å². The maximum absolute atomic E-state index is 13.5. The number of benzene rings is 2. The van der Waals surface area contributed by atoms with Gasteiger partial charge in [-0.3, -0.25) is 14.9 Å². The molecule has 1 aliphatic rings. The van der Waals surface area contributed by atoms with Crippen LogP contribution in [0.25, 0.3) is 55.7 Å². The van der Waals surface area contributed by atoms with Gasteiger partial charge in [-0.15, -0.1) is 0 Å². The third-order valence-corrected chi connectivity index (χ3v) is 7.51. The smallest absolute Gasteiger partial charge is 0.227 e. The Kier molecular flexibility index (Phi) is 5.65. The van der Waals surface area contributed by atoms with Crippen LogP contribution in [-0.4, -0.2) is 31.1 Å². The molecule has 2 aromatic carbocycles. The summed E-state index contributed by atoms with van der Waals surface area (Å²) in [7, 11) is 0. The number of anilines is 1. The van der Waals surface area contributed by atoms with Gasteiger partial charge in [0.15, 0.2) is 0 Å². The van der Waals surface area contributed by atoms with Crippen LogP contribution in [0.1, 0.15) is 25.7 Å². The van der Waals surface area contributed by atoms with Crippen molar-refractivity contribution in [3.05, 3.63) is 84.9 Å². The summed E-state index contributed by atoms with van der Waals surface area (Å²) in [6.45, 7) is 0. The molecule has 6 aromatic rings. The first-order valence-corrected chi connectivity index (χ1v) is 13.1. The van der Waals surface area contributed by atoms with Crippen LogP contribution in [0.15, 0.2) is 79.1 Å². The second-order valence-electron chi connectivity index (χ2n) is 10.1. The third-order valence-electron chi connectivity index (χ3n) is 7.51. The van der Waals surface area contributed by atoms with Crippen molar-refractivity contribution in [2.45, 2.75) is 25.7 Å². The Morgan fingerprint density at radius 1 is 0.923 bits per heavy atom. The summed E-state index contributed by atoms with van der Waals surface area (Å²) in [5, 5.41) is 11.7. The summed E-state index contributed by atoms with van der Waals surface area (Å²) in [5.41, 5.74) is 8.17. The quantitative estimate of drug-likeness (QED) is 0.227. The molecule has 0 radical (unpaired) electrons. The van der Waals surface area contributed by atoms with Gasteiger partial charge < -0.3 is 10.3 Å². The van der Waals surface area contributed by atoms with Crippen molar-refractivity contribution < 1.29 is 9.18 Å². The molecule has 1 aliphatic carbocycles. The maximum atomic E-state index is 13.5. The van der Waals surface area contributed by atoms with Gasteiger partial charge in [0.25, 0.3) is 0 Å². The van der Waals surface area contributed by atoms with Crippen LogP contribution >= 0.6 is 0 Å². The van der Waals surface area contributed by atoms with Crippen molar-refractivity contribution in [1.82, 2.24) is 25.1 Å². The van der Waals surface area contributed by atoms with Crippen LogP contribution in [0.2, 0.25) is 0 Å². The van der Waals surface area contributed by atoms with Crippen molar-refractivity contribution in [3.63, 3.8) is 0 Å². The molecular formula is C31H25FN6O. The Morgan fingerprint density at radius 2 is 1.77 bits per heavy atom. The molecule has 8 heteroatoms. The maximum Gasteiger partial charge on any atom is 0.227 e. The van der Waals surface area contributed by atoms with Gasteiger partial charge >= 0.3 is 0 Å². The molecule has 4 heterocycles. The monoisotopic (exact) mass is 516 g/mol. The lowest BCUT2D eigenvalue weighted by Crippen LogP contribution is -2.20. The summed E-state index contributed by atoms with van der Waals surface area (Å²) in [6.07, 6.45) is 7.52. The molecule has 0 saturated heterocycles. The minimum Gasteiger partial charge on any atom is -0.353 e. The van der Waals surface area contributed by atoms with Gasteiger partial charge in [0, 0.05) is 28.6 Å². The fraction of sp³-hybridized carbons (Fsp3) is 0.161. The molecule has 3 N–H and O–H groups in total. The summed E-state index contributed by atoms with van der Waals surface area (Å²) in [4.78, 5) is 25.4. The molecule has 1 fully saturated rings. The number of fused-ring (bicyclic) bond motifs is 2. The molecule has 0 aliphatic heterocycles. The fourth-order valence-corrected chi connectivity index (χ4v) is 5.49. The first-order valence-electron chi connectivity index (χ1n) is 13.1. The largest absolute Gasteiger partial charge is 0.353 e. The van der Waals surface area contributed by atoms with E-state index in [9.17, 15) is 9.18 Å². The molecular weight excluding hydrogens is 491 g/mol. The molecule has 0 atom stereocenters. The number of aromatic amines is 2. The van der Waals surface area contributed by atoms with Crippen molar-refractivity contribution in [2.24, 2.45) is 5.92 Å². The van der Waals surface area contributed by atoms with Gasteiger partial charge in [-0.2, -0.15) is 5.10 Å². The highest BCUT2D eigenvalue weighted by atomic mass is 19.1. The van der Waals surface area contributed by atoms with E-state index in [2.05, 4.69) is 31.5 Å². The number of halogens is 1. The summed E-state index contributed by atoms with van der Waals surface area (Å²) in [5.74, 6) is -0.121. The van der Waals surface area contributed by atoms with E-state index in [0.29, 0.717) is 11.4 Å². The lowest BCUT2D eigenvalue weighted by atomic mass is 10.0. The zero-order valence-corrected chi connectivity index (χ0v) is 21.0. The molecule has 1 saturated carbocycles. The van der Waals surface area contributed by atoms with Gasteiger partial charge in [0.1, 0.15) is 17.0 Å². The van der Waals surface area contributed by atoms with E-state index in [1.807, 2.05) is 36.4 Å². The van der Waals surface area contributed by atoms with E-state index in [1.165, 1.54) is 12.1 Å². The van der Waals surface area contributed by atoms with Crippen LogP contribution in [0.4, 0.5) is 10.1 Å². The zero-order chi connectivity index (χ0) is 26.3. The SMILES string of the molecule is O=C(Nc1cncc(-c2ccc3[nH]nc(-c4cc5c(-c6ccc(F)cc6)cccc5[nH]4)c3n2)c1)C1CCCC1. The topological polar surface area (TPSA) is 99.4 Å². The van der Waals surface area contributed by atoms with E-state index in [-0.39, 0.29) is 17.6 Å². The lowest BCUT2D eigenvalue weighted by molar-refractivity contribution is -0.119. The number of rotatable bonds is 5. The molecule has 0 unspecified atom stereocenters. The minimum atomic E-state index is -0.262. The van der Waals surface area contributed by atoms with Crippen LogP contribution in [0.5, 0.6) is 0 Å². The Bertz CT molecular complexity index is 1830. The molecule has 1 amide bonds. The zero-order valence-electron chi connectivity index (χ0n) is 21.0. The molecule has 192 valence electrons. The number of pyridine rings is 2. The Labute approximate surface area is 223 Å². The van der Waals surface area contributed by atoms with E-state index >= 15 is 0 Å². The van der Waals surface area contributed by atoms with Gasteiger partial charge in [-0.1, -0.05) is 37.1 Å². The van der Waals surface area contributed by atoms with Gasteiger partial charge in [0.2, 0.25) is 5.91 Å². The predicted molar refractivity (Wildman–Crippen MR) is 150 cm³/mol. The number of nitrogens with one attached hydrogen (secondary N) is 3. The van der Waals surface area contributed by atoms with Crippen molar-refractivity contribution in [1.29, 1.82) is 0 Å². The predicted octanol–water partition coefficient (Wildman–Crippen LogP) is 7.10. The van der Waals surface area contributed by atoms with E-state index in [0.717, 1.165) is 75.7 Å². The number of aromatic nitrogens is 5. The summed E-state index contributed by atoms with van der Waals surface area (Å²) in [6, 6.07) is 20.4. The van der Waals surface area contributed by atoms with Gasteiger partial charge in [-0.05, 0) is 66.4 Å². The lowest BCUT2D eigenvalue weighted by Gasteiger charge is -2.11. The van der Waals surface area contributed by atoms with Crippen LogP contribution in [0.3, 0.4) is 0 Å². The number of H-pyrrole nitrogens is 2. The van der Waals surface area contributed by atoms with Crippen LogP contribution in [0, 0.1) is 11.7 Å². The van der Waals surface area contributed by atoms with E-state index in [1.54, 1.807) is 24.5 Å². The average molecular weight is 517 g/mol. The minimum absolute atomic E-state index is 0.0609.